The number of amides is 1. The summed E-state index contributed by atoms with van der Waals surface area (Å²) in [5.41, 5.74) is -0.0221. The van der Waals surface area contributed by atoms with Gasteiger partial charge in [-0.25, -0.2) is 0 Å². The lowest BCUT2D eigenvalue weighted by Crippen LogP contribution is -2.42. The van der Waals surface area contributed by atoms with Gasteiger partial charge < -0.3 is 14.8 Å². The maximum Gasteiger partial charge on any atom is 0.418 e. The minimum atomic E-state index is -4.57. The van der Waals surface area contributed by atoms with Crippen molar-refractivity contribution >= 4 is 5.91 Å². The van der Waals surface area contributed by atoms with Gasteiger partial charge in [0.2, 0.25) is 5.91 Å². The molecule has 0 aromatic heterocycles. The van der Waals surface area contributed by atoms with E-state index in [4.69, 9.17) is 9.47 Å². The second-order valence-corrected chi connectivity index (χ2v) is 5.45. The number of alkyl halides is 3. The molecule has 0 radical (unpaired) electrons. The molecular weight excluding hydrogens is 325 g/mol. The number of nitrogens with zero attached hydrogens (tertiary/aromatic N) is 1. The molecule has 0 bridgehead atoms. The van der Waals surface area contributed by atoms with Crippen LogP contribution in [0.5, 0.6) is 0 Å². The SMILES string of the molecule is O=C(CO[C@H](c1ccccc1)C(F)(F)F)NCCN1CCOCC1. The van der Waals surface area contributed by atoms with E-state index < -0.39 is 24.8 Å². The van der Waals surface area contributed by atoms with Crippen LogP contribution in [0.25, 0.3) is 0 Å². The Bertz CT molecular complexity index is 505. The highest BCUT2D eigenvalue weighted by molar-refractivity contribution is 5.77. The van der Waals surface area contributed by atoms with Crippen LogP contribution in [-0.2, 0) is 14.3 Å². The normalized spacial score (nSPS) is 17.5. The zero-order chi connectivity index (χ0) is 17.4. The highest BCUT2D eigenvalue weighted by Gasteiger charge is 2.42. The van der Waals surface area contributed by atoms with E-state index in [1.165, 1.54) is 24.3 Å². The maximum absolute atomic E-state index is 13.1. The first-order valence-electron chi connectivity index (χ1n) is 7.77. The van der Waals surface area contributed by atoms with Gasteiger partial charge in [0.05, 0.1) is 13.2 Å². The van der Waals surface area contributed by atoms with Crippen LogP contribution >= 0.6 is 0 Å². The number of hydrogen-bond acceptors (Lipinski definition) is 4. The highest BCUT2D eigenvalue weighted by atomic mass is 19.4. The minimum absolute atomic E-state index is 0.0221. The summed E-state index contributed by atoms with van der Waals surface area (Å²) in [7, 11) is 0. The van der Waals surface area contributed by atoms with E-state index in [2.05, 4.69) is 10.2 Å². The van der Waals surface area contributed by atoms with Gasteiger partial charge in [-0.3, -0.25) is 9.69 Å². The lowest BCUT2D eigenvalue weighted by atomic mass is 10.1. The summed E-state index contributed by atoms with van der Waals surface area (Å²) in [5, 5.41) is 2.57. The van der Waals surface area contributed by atoms with Gasteiger partial charge in [-0.1, -0.05) is 30.3 Å². The lowest BCUT2D eigenvalue weighted by molar-refractivity contribution is -0.223. The zero-order valence-electron chi connectivity index (χ0n) is 13.2. The van der Waals surface area contributed by atoms with Gasteiger partial charge in [0.1, 0.15) is 6.61 Å². The summed E-state index contributed by atoms with van der Waals surface area (Å²) in [6.07, 6.45) is -6.68. The van der Waals surface area contributed by atoms with Gasteiger partial charge in [0.25, 0.3) is 0 Å². The fourth-order valence-electron chi connectivity index (χ4n) is 2.40. The Morgan fingerprint density at radius 3 is 2.54 bits per heavy atom. The number of rotatable bonds is 7. The summed E-state index contributed by atoms with van der Waals surface area (Å²) in [6.45, 7) is 3.25. The Morgan fingerprint density at radius 2 is 1.92 bits per heavy atom. The van der Waals surface area contributed by atoms with Crippen molar-refractivity contribution in [1.82, 2.24) is 10.2 Å². The molecule has 0 unspecified atom stereocenters. The second kappa shape index (κ2) is 9.00. The summed E-state index contributed by atoms with van der Waals surface area (Å²) in [4.78, 5) is 13.8. The number of ether oxygens (including phenoxy) is 2. The Hall–Kier alpha value is -1.64. The molecule has 134 valence electrons. The van der Waals surface area contributed by atoms with Crippen LogP contribution in [0.15, 0.2) is 30.3 Å². The molecule has 0 aliphatic carbocycles. The fourth-order valence-corrected chi connectivity index (χ4v) is 2.40. The molecule has 1 aliphatic rings. The van der Waals surface area contributed by atoms with Gasteiger partial charge in [0, 0.05) is 26.2 Å². The summed E-state index contributed by atoms with van der Waals surface area (Å²) in [6, 6.07) is 7.28. The molecule has 1 aliphatic heterocycles. The van der Waals surface area contributed by atoms with Crippen LogP contribution in [0.2, 0.25) is 0 Å². The molecule has 0 saturated carbocycles. The number of benzene rings is 1. The van der Waals surface area contributed by atoms with Crippen molar-refractivity contribution in [2.45, 2.75) is 12.3 Å². The quantitative estimate of drug-likeness (QED) is 0.817. The molecule has 1 atom stereocenters. The second-order valence-electron chi connectivity index (χ2n) is 5.45. The largest absolute Gasteiger partial charge is 0.418 e. The van der Waals surface area contributed by atoms with Crippen LogP contribution in [0.4, 0.5) is 13.2 Å². The van der Waals surface area contributed by atoms with Crippen LogP contribution < -0.4 is 5.32 Å². The van der Waals surface area contributed by atoms with Gasteiger partial charge in [-0.05, 0) is 5.56 Å². The maximum atomic E-state index is 13.1. The fraction of sp³-hybridized carbons (Fsp3) is 0.562. The molecule has 1 aromatic carbocycles. The number of nitrogens with one attached hydrogen (secondary N) is 1. The predicted octanol–water partition coefficient (Wildman–Crippen LogP) is 1.76. The number of hydrogen-bond donors (Lipinski definition) is 1. The van der Waals surface area contributed by atoms with Crippen LogP contribution in [-0.4, -0.2) is 63.0 Å². The average molecular weight is 346 g/mol. The molecule has 0 spiro atoms. The molecule has 1 saturated heterocycles. The average Bonchev–Trinajstić information content (AvgIpc) is 2.56. The standard InChI is InChI=1S/C16H21F3N2O3/c17-16(18,19)15(13-4-2-1-3-5-13)24-12-14(22)20-6-7-21-8-10-23-11-9-21/h1-5,15H,6-12H2,(H,20,22)/t15-/m1/s1. The Morgan fingerprint density at radius 1 is 1.25 bits per heavy atom. The predicted molar refractivity (Wildman–Crippen MR) is 81.5 cm³/mol. The van der Waals surface area contributed by atoms with Crippen molar-refractivity contribution in [3.63, 3.8) is 0 Å². The van der Waals surface area contributed by atoms with Gasteiger partial charge in [0.15, 0.2) is 6.10 Å². The molecule has 1 fully saturated rings. The van der Waals surface area contributed by atoms with E-state index in [1.54, 1.807) is 6.07 Å². The molecular formula is C16H21F3N2O3. The van der Waals surface area contributed by atoms with Gasteiger partial charge in [-0.15, -0.1) is 0 Å². The monoisotopic (exact) mass is 346 g/mol. The smallest absolute Gasteiger partial charge is 0.379 e. The first-order valence-corrected chi connectivity index (χ1v) is 7.77. The van der Waals surface area contributed by atoms with E-state index in [9.17, 15) is 18.0 Å². The minimum Gasteiger partial charge on any atom is -0.379 e. The molecule has 2 rings (SSSR count). The van der Waals surface area contributed by atoms with Crippen LogP contribution in [0, 0.1) is 0 Å². The number of halogens is 3. The van der Waals surface area contributed by atoms with Crippen LogP contribution in [0.3, 0.4) is 0 Å². The van der Waals surface area contributed by atoms with Gasteiger partial charge in [-0.2, -0.15) is 13.2 Å². The van der Waals surface area contributed by atoms with Gasteiger partial charge >= 0.3 is 6.18 Å². The third kappa shape index (κ3) is 6.10. The molecule has 1 aromatic rings. The van der Waals surface area contributed by atoms with Crippen molar-refractivity contribution in [2.75, 3.05) is 46.0 Å². The van der Waals surface area contributed by atoms with E-state index in [1.807, 2.05) is 0 Å². The number of carbonyl (C=O) groups is 1. The van der Waals surface area contributed by atoms with Crippen molar-refractivity contribution in [2.24, 2.45) is 0 Å². The summed E-state index contributed by atoms with van der Waals surface area (Å²) < 4.78 is 49.3. The van der Waals surface area contributed by atoms with E-state index in [0.717, 1.165) is 13.1 Å². The Kier molecular flexibility index (Phi) is 7.01. The van der Waals surface area contributed by atoms with Crippen LogP contribution in [0.1, 0.15) is 11.7 Å². The topological polar surface area (TPSA) is 50.8 Å². The third-order valence-electron chi connectivity index (χ3n) is 3.63. The number of morpholine rings is 1. The first kappa shape index (κ1) is 18.7. The summed E-state index contributed by atoms with van der Waals surface area (Å²) >= 11 is 0. The molecule has 8 heteroatoms. The Labute approximate surface area is 138 Å². The first-order chi connectivity index (χ1) is 11.5. The van der Waals surface area contributed by atoms with E-state index in [0.29, 0.717) is 26.3 Å². The molecule has 5 nitrogen and oxygen atoms in total. The molecule has 1 N–H and O–H groups in total. The van der Waals surface area contributed by atoms with Crippen molar-refractivity contribution < 1.29 is 27.4 Å². The number of carbonyl (C=O) groups excluding carboxylic acids is 1. The lowest BCUT2D eigenvalue weighted by Gasteiger charge is -2.26. The van der Waals surface area contributed by atoms with Crippen molar-refractivity contribution in [3.8, 4) is 0 Å². The van der Waals surface area contributed by atoms with E-state index in [-0.39, 0.29) is 5.56 Å². The zero-order valence-corrected chi connectivity index (χ0v) is 13.2. The van der Waals surface area contributed by atoms with E-state index >= 15 is 0 Å². The summed E-state index contributed by atoms with van der Waals surface area (Å²) in [5.74, 6) is -0.562. The highest BCUT2D eigenvalue weighted by Crippen LogP contribution is 2.35. The molecule has 1 heterocycles. The molecule has 24 heavy (non-hydrogen) atoms. The third-order valence-corrected chi connectivity index (χ3v) is 3.63. The Balaban J connectivity index is 1.75. The van der Waals surface area contributed by atoms with Crippen molar-refractivity contribution in [1.29, 1.82) is 0 Å². The van der Waals surface area contributed by atoms with Crippen molar-refractivity contribution in [3.05, 3.63) is 35.9 Å². The molecule has 1 amide bonds.